The van der Waals surface area contributed by atoms with Gasteiger partial charge in [0.25, 0.3) is 0 Å². The molecule has 6 nitrogen and oxygen atoms in total. The second-order valence-electron chi connectivity index (χ2n) is 6.37. The number of nitrogens with one attached hydrogen (secondary N) is 1. The lowest BCUT2D eigenvalue weighted by Gasteiger charge is -2.23. The van der Waals surface area contributed by atoms with Crippen LogP contribution in [0.1, 0.15) is 42.5 Å². The maximum absolute atomic E-state index is 12.4. The molecule has 0 radical (unpaired) electrons. The quantitative estimate of drug-likeness (QED) is 0.874. The summed E-state index contributed by atoms with van der Waals surface area (Å²) in [6, 6.07) is 4.54. The second-order valence-corrected chi connectivity index (χ2v) is 6.78. The number of likely N-dealkylation sites (tertiary alicyclic amines) is 1. The van der Waals surface area contributed by atoms with Crippen LogP contribution in [0.15, 0.2) is 18.2 Å². The zero-order valence-corrected chi connectivity index (χ0v) is 13.9. The summed E-state index contributed by atoms with van der Waals surface area (Å²) < 4.78 is 0. The van der Waals surface area contributed by atoms with E-state index in [9.17, 15) is 14.4 Å². The van der Waals surface area contributed by atoms with Crippen molar-refractivity contribution < 1.29 is 19.5 Å². The lowest BCUT2D eigenvalue weighted by molar-refractivity contribution is -0.129. The van der Waals surface area contributed by atoms with Gasteiger partial charge in [0.2, 0.25) is 11.8 Å². The first-order chi connectivity index (χ1) is 11.5. The fraction of sp³-hybridized carbons (Fsp3) is 0.471. The third-order valence-corrected chi connectivity index (χ3v) is 5.07. The maximum Gasteiger partial charge on any atom is 0.337 e. The topological polar surface area (TPSA) is 86.7 Å². The van der Waals surface area contributed by atoms with E-state index >= 15 is 0 Å². The largest absolute Gasteiger partial charge is 0.478 e. The number of benzene rings is 1. The van der Waals surface area contributed by atoms with E-state index in [-0.39, 0.29) is 40.8 Å². The van der Waals surface area contributed by atoms with Crippen LogP contribution in [0.2, 0.25) is 5.02 Å². The third kappa shape index (κ3) is 3.38. The van der Waals surface area contributed by atoms with E-state index < -0.39 is 5.97 Å². The number of carbonyl (C=O) groups excluding carboxylic acids is 2. The Bertz CT molecular complexity index is 685. The first-order valence-electron chi connectivity index (χ1n) is 8.09. The Morgan fingerprint density at radius 2 is 1.96 bits per heavy atom. The second kappa shape index (κ2) is 6.81. The zero-order valence-electron chi connectivity index (χ0n) is 13.1. The molecule has 1 saturated carbocycles. The lowest BCUT2D eigenvalue weighted by atomic mass is 10.1. The summed E-state index contributed by atoms with van der Waals surface area (Å²) in [6.07, 6.45) is 4.54. The third-order valence-electron chi connectivity index (χ3n) is 4.76. The Morgan fingerprint density at radius 3 is 2.58 bits per heavy atom. The summed E-state index contributed by atoms with van der Waals surface area (Å²) in [7, 11) is 0. The average Bonchev–Trinajstić information content (AvgIpc) is 3.15. The van der Waals surface area contributed by atoms with Crippen LogP contribution in [0.3, 0.4) is 0 Å². The molecule has 0 aromatic heterocycles. The average molecular weight is 351 g/mol. The van der Waals surface area contributed by atoms with Gasteiger partial charge in [0.05, 0.1) is 16.5 Å². The predicted octanol–water partition coefficient (Wildman–Crippen LogP) is 2.77. The van der Waals surface area contributed by atoms with Gasteiger partial charge in [-0.1, -0.05) is 24.4 Å². The van der Waals surface area contributed by atoms with Crippen molar-refractivity contribution in [2.45, 2.75) is 38.1 Å². The fourth-order valence-electron chi connectivity index (χ4n) is 3.49. The molecule has 1 heterocycles. The summed E-state index contributed by atoms with van der Waals surface area (Å²) in [6.45, 7) is 0.455. The van der Waals surface area contributed by atoms with Gasteiger partial charge >= 0.3 is 5.97 Å². The molecule has 2 N–H and O–H groups in total. The zero-order chi connectivity index (χ0) is 17.3. The van der Waals surface area contributed by atoms with E-state index in [0.717, 1.165) is 25.7 Å². The highest BCUT2D eigenvalue weighted by Gasteiger charge is 2.38. The summed E-state index contributed by atoms with van der Waals surface area (Å²) in [4.78, 5) is 37.4. The van der Waals surface area contributed by atoms with Crippen LogP contribution < -0.4 is 5.32 Å². The van der Waals surface area contributed by atoms with Crippen molar-refractivity contribution in [2.24, 2.45) is 5.92 Å². The maximum atomic E-state index is 12.4. The number of carboxylic acid groups (broad SMARTS) is 1. The molecule has 1 atom stereocenters. The summed E-state index contributed by atoms with van der Waals surface area (Å²) in [5, 5.41) is 11.8. The van der Waals surface area contributed by atoms with Crippen LogP contribution in [0, 0.1) is 5.92 Å². The Morgan fingerprint density at radius 1 is 1.25 bits per heavy atom. The van der Waals surface area contributed by atoms with Crippen LogP contribution in [-0.2, 0) is 9.59 Å². The molecule has 1 aromatic carbocycles. The predicted molar refractivity (Wildman–Crippen MR) is 89.1 cm³/mol. The van der Waals surface area contributed by atoms with Crippen molar-refractivity contribution in [2.75, 3.05) is 11.9 Å². The van der Waals surface area contributed by atoms with Crippen LogP contribution in [0.4, 0.5) is 5.69 Å². The minimum atomic E-state index is -1.12. The molecular formula is C17H19ClN2O4. The minimum Gasteiger partial charge on any atom is -0.478 e. The van der Waals surface area contributed by atoms with Gasteiger partial charge in [-0.25, -0.2) is 4.79 Å². The van der Waals surface area contributed by atoms with Gasteiger partial charge in [0, 0.05) is 24.7 Å². The van der Waals surface area contributed by atoms with Gasteiger partial charge in [-0.05, 0) is 31.0 Å². The van der Waals surface area contributed by atoms with Gasteiger partial charge < -0.3 is 15.3 Å². The molecule has 1 aromatic rings. The van der Waals surface area contributed by atoms with Gasteiger partial charge in [0.15, 0.2) is 0 Å². The molecule has 24 heavy (non-hydrogen) atoms. The Balaban J connectivity index is 1.64. The lowest BCUT2D eigenvalue weighted by Crippen LogP contribution is -2.35. The fourth-order valence-corrected chi connectivity index (χ4v) is 3.75. The van der Waals surface area contributed by atoms with Crippen LogP contribution in [0.5, 0.6) is 0 Å². The molecule has 2 fully saturated rings. The number of amides is 2. The highest BCUT2D eigenvalue weighted by molar-refractivity contribution is 6.33. The van der Waals surface area contributed by atoms with E-state index in [0.29, 0.717) is 12.2 Å². The van der Waals surface area contributed by atoms with E-state index in [1.165, 1.54) is 18.2 Å². The van der Waals surface area contributed by atoms with Crippen LogP contribution >= 0.6 is 11.6 Å². The molecule has 128 valence electrons. The summed E-state index contributed by atoms with van der Waals surface area (Å²) in [5.41, 5.74) is 0.417. The van der Waals surface area contributed by atoms with Gasteiger partial charge in [-0.3, -0.25) is 9.59 Å². The Hall–Kier alpha value is -2.08. The van der Waals surface area contributed by atoms with E-state index in [2.05, 4.69) is 5.32 Å². The van der Waals surface area contributed by atoms with Crippen LogP contribution in [-0.4, -0.2) is 40.4 Å². The summed E-state index contributed by atoms with van der Waals surface area (Å²) >= 11 is 5.91. The van der Waals surface area contributed by atoms with Crippen LogP contribution in [0.25, 0.3) is 0 Å². The number of carbonyl (C=O) groups is 3. The monoisotopic (exact) mass is 350 g/mol. The van der Waals surface area contributed by atoms with Crippen molar-refractivity contribution in [3.63, 3.8) is 0 Å². The number of anilines is 1. The smallest absolute Gasteiger partial charge is 0.337 e. The van der Waals surface area contributed by atoms with E-state index in [1.807, 2.05) is 4.90 Å². The number of aromatic carboxylic acids is 1. The molecule has 3 rings (SSSR count). The molecule has 1 aliphatic carbocycles. The van der Waals surface area contributed by atoms with E-state index in [4.69, 9.17) is 16.7 Å². The molecule has 0 bridgehead atoms. The molecule has 2 amide bonds. The number of hydrogen-bond donors (Lipinski definition) is 2. The highest BCUT2D eigenvalue weighted by atomic mass is 35.5. The van der Waals surface area contributed by atoms with Crippen molar-refractivity contribution in [3.8, 4) is 0 Å². The summed E-state index contributed by atoms with van der Waals surface area (Å²) in [5.74, 6) is -1.69. The molecule has 1 unspecified atom stereocenters. The highest BCUT2D eigenvalue weighted by Crippen LogP contribution is 2.30. The van der Waals surface area contributed by atoms with Gasteiger partial charge in [-0.2, -0.15) is 0 Å². The normalized spacial score (nSPS) is 21.3. The van der Waals surface area contributed by atoms with Crippen molar-refractivity contribution >= 4 is 35.1 Å². The Kier molecular flexibility index (Phi) is 4.76. The van der Waals surface area contributed by atoms with Crippen molar-refractivity contribution in [1.29, 1.82) is 0 Å². The number of carboxylic acids is 1. The first-order valence-corrected chi connectivity index (χ1v) is 8.46. The van der Waals surface area contributed by atoms with Crippen molar-refractivity contribution in [3.05, 3.63) is 28.8 Å². The number of halogens is 1. The number of rotatable bonds is 4. The standard InChI is InChI=1S/C17H19ClN2O4/c18-14-8-11(5-6-13(14)17(23)24)19-16(22)10-7-15(21)20(9-10)12-3-1-2-4-12/h5-6,8,10,12H,1-4,7,9H2,(H,19,22)(H,23,24). The van der Waals surface area contributed by atoms with E-state index in [1.54, 1.807) is 0 Å². The molecule has 1 aliphatic heterocycles. The SMILES string of the molecule is O=C(O)c1ccc(NC(=O)C2CC(=O)N(C3CCCC3)C2)cc1Cl. The molecule has 0 spiro atoms. The molecular weight excluding hydrogens is 332 g/mol. The minimum absolute atomic E-state index is 0.0156. The number of nitrogens with zero attached hydrogens (tertiary/aromatic N) is 1. The first kappa shape index (κ1) is 16.8. The van der Waals surface area contributed by atoms with Crippen molar-refractivity contribution in [1.82, 2.24) is 4.90 Å². The molecule has 1 saturated heterocycles. The Labute approximate surface area is 144 Å². The molecule has 7 heteroatoms. The number of hydrogen-bond acceptors (Lipinski definition) is 3. The van der Waals surface area contributed by atoms with Gasteiger partial charge in [0.1, 0.15) is 0 Å². The van der Waals surface area contributed by atoms with Gasteiger partial charge in [-0.15, -0.1) is 0 Å². The molecule has 2 aliphatic rings.